The Bertz CT molecular complexity index is 710. The lowest BCUT2D eigenvalue weighted by Crippen LogP contribution is -2.24. The van der Waals surface area contributed by atoms with Crippen LogP contribution in [0.2, 0.25) is 0 Å². The van der Waals surface area contributed by atoms with Crippen LogP contribution < -0.4 is 11.5 Å². The molecule has 1 amide bonds. The van der Waals surface area contributed by atoms with E-state index in [9.17, 15) is 13.2 Å². The number of hydrogen-bond donors (Lipinski definition) is 2. The highest BCUT2D eigenvalue weighted by Gasteiger charge is 2.26. The molecule has 0 atom stereocenters. The van der Waals surface area contributed by atoms with E-state index in [0.29, 0.717) is 11.1 Å². The van der Waals surface area contributed by atoms with Gasteiger partial charge in [-0.2, -0.15) is 4.99 Å². The van der Waals surface area contributed by atoms with E-state index in [2.05, 4.69) is 4.99 Å². The van der Waals surface area contributed by atoms with Gasteiger partial charge in [0.1, 0.15) is 0 Å². The largest absolute Gasteiger partial charge is 0.370 e. The fourth-order valence-electron chi connectivity index (χ4n) is 1.99. The summed E-state index contributed by atoms with van der Waals surface area (Å²) in [6.45, 7) is 7.45. The molecule has 0 bridgehead atoms. The zero-order valence-electron chi connectivity index (χ0n) is 12.9. The molecular weight excluding hydrogens is 290 g/mol. The summed E-state index contributed by atoms with van der Waals surface area (Å²) in [5, 5.41) is 0. The van der Waals surface area contributed by atoms with E-state index in [1.807, 2.05) is 20.8 Å². The maximum absolute atomic E-state index is 12.0. The molecule has 0 saturated carbocycles. The van der Waals surface area contributed by atoms with Gasteiger partial charge in [0.25, 0.3) is 5.91 Å². The van der Waals surface area contributed by atoms with Crippen molar-refractivity contribution in [1.82, 2.24) is 0 Å². The third-order valence-electron chi connectivity index (χ3n) is 3.00. The van der Waals surface area contributed by atoms with Crippen molar-refractivity contribution in [3.05, 3.63) is 28.8 Å². The average Bonchev–Trinajstić information content (AvgIpc) is 2.24. The lowest BCUT2D eigenvalue weighted by molar-refractivity contribution is 0.100. The lowest BCUT2D eigenvalue weighted by atomic mass is 9.85. The molecule has 0 spiro atoms. The van der Waals surface area contributed by atoms with Gasteiger partial charge in [0.2, 0.25) is 0 Å². The van der Waals surface area contributed by atoms with Gasteiger partial charge in [-0.05, 0) is 29.5 Å². The third kappa shape index (κ3) is 4.04. The number of rotatable bonds is 2. The molecule has 1 aromatic carbocycles. The van der Waals surface area contributed by atoms with Crippen molar-refractivity contribution >= 4 is 21.7 Å². The molecule has 0 aliphatic carbocycles. The van der Waals surface area contributed by atoms with Gasteiger partial charge in [-0.1, -0.05) is 26.8 Å². The molecule has 1 aromatic rings. The van der Waals surface area contributed by atoms with E-state index in [1.54, 1.807) is 13.0 Å². The van der Waals surface area contributed by atoms with Gasteiger partial charge in [-0.3, -0.25) is 4.79 Å². The molecule has 1 rings (SSSR count). The first-order valence-corrected chi connectivity index (χ1v) is 8.22. The van der Waals surface area contributed by atoms with Crippen molar-refractivity contribution in [2.75, 3.05) is 6.26 Å². The Morgan fingerprint density at radius 1 is 1.19 bits per heavy atom. The fraction of sp³-hybridized carbons (Fsp3) is 0.429. The number of aryl methyl sites for hydroxylation is 1. The maximum Gasteiger partial charge on any atom is 0.280 e. The van der Waals surface area contributed by atoms with Gasteiger partial charge in [-0.15, -0.1) is 0 Å². The number of carbonyl (C=O) groups is 1. The predicted molar refractivity (Wildman–Crippen MR) is 83.1 cm³/mol. The summed E-state index contributed by atoms with van der Waals surface area (Å²) >= 11 is 0. The standard InChI is InChI=1S/C14H21N3O3S/c1-8-6-10(14(2,3)4)11(21(5,19)20)7-9(8)12(18)17-13(15)16/h6-7H,1-5H3,(H4,15,16,17,18). The van der Waals surface area contributed by atoms with Crippen LogP contribution in [0.25, 0.3) is 0 Å². The highest BCUT2D eigenvalue weighted by atomic mass is 32.2. The van der Waals surface area contributed by atoms with Crippen molar-refractivity contribution < 1.29 is 13.2 Å². The van der Waals surface area contributed by atoms with Crippen LogP contribution >= 0.6 is 0 Å². The van der Waals surface area contributed by atoms with Crippen LogP contribution in [0.4, 0.5) is 0 Å². The summed E-state index contributed by atoms with van der Waals surface area (Å²) in [4.78, 5) is 15.6. The Kier molecular flexibility index (Phi) is 4.48. The van der Waals surface area contributed by atoms with Gasteiger partial charge in [0.05, 0.1) is 4.90 Å². The predicted octanol–water partition coefficient (Wildman–Crippen LogP) is 1.11. The quantitative estimate of drug-likeness (QED) is 0.627. The molecular formula is C14H21N3O3S. The Labute approximate surface area is 125 Å². The van der Waals surface area contributed by atoms with Crippen molar-refractivity contribution in [3.8, 4) is 0 Å². The summed E-state index contributed by atoms with van der Waals surface area (Å²) in [5.74, 6) is -1.02. The molecule has 0 unspecified atom stereocenters. The number of benzene rings is 1. The topological polar surface area (TPSA) is 116 Å². The first-order chi connectivity index (χ1) is 9.34. The Balaban J connectivity index is 3.69. The molecule has 21 heavy (non-hydrogen) atoms. The first kappa shape index (κ1) is 17.2. The van der Waals surface area contributed by atoms with Crippen LogP contribution in [0.1, 0.15) is 42.3 Å². The van der Waals surface area contributed by atoms with Crippen LogP contribution in [-0.2, 0) is 15.3 Å². The summed E-state index contributed by atoms with van der Waals surface area (Å²) in [6, 6.07) is 3.05. The monoisotopic (exact) mass is 311 g/mol. The van der Waals surface area contributed by atoms with E-state index in [1.165, 1.54) is 6.07 Å². The van der Waals surface area contributed by atoms with Crippen LogP contribution in [0.3, 0.4) is 0 Å². The van der Waals surface area contributed by atoms with Crippen LogP contribution in [0.5, 0.6) is 0 Å². The number of guanidine groups is 1. The number of aliphatic imine (C=N–C) groups is 1. The van der Waals surface area contributed by atoms with Crippen LogP contribution in [0, 0.1) is 6.92 Å². The minimum atomic E-state index is -3.48. The van der Waals surface area contributed by atoms with Gasteiger partial charge in [0.15, 0.2) is 15.8 Å². The second-order valence-electron chi connectivity index (χ2n) is 6.03. The smallest absolute Gasteiger partial charge is 0.280 e. The number of nitrogens with two attached hydrogens (primary N) is 2. The Morgan fingerprint density at radius 2 is 1.71 bits per heavy atom. The van der Waals surface area contributed by atoms with E-state index < -0.39 is 15.7 Å². The zero-order chi connectivity index (χ0) is 16.6. The number of nitrogens with zero attached hydrogens (tertiary/aromatic N) is 1. The second kappa shape index (κ2) is 5.48. The first-order valence-electron chi connectivity index (χ1n) is 6.33. The number of amides is 1. The molecule has 0 heterocycles. The van der Waals surface area contributed by atoms with Crippen molar-refractivity contribution in [1.29, 1.82) is 0 Å². The molecule has 6 nitrogen and oxygen atoms in total. The molecule has 4 N–H and O–H groups in total. The zero-order valence-corrected chi connectivity index (χ0v) is 13.7. The molecule has 116 valence electrons. The summed E-state index contributed by atoms with van der Waals surface area (Å²) in [7, 11) is -3.48. The Hall–Kier alpha value is -1.89. The minimum Gasteiger partial charge on any atom is -0.370 e. The molecule has 7 heteroatoms. The summed E-state index contributed by atoms with van der Waals surface area (Å²) < 4.78 is 24.0. The lowest BCUT2D eigenvalue weighted by Gasteiger charge is -2.23. The average molecular weight is 311 g/mol. The van der Waals surface area contributed by atoms with E-state index >= 15 is 0 Å². The minimum absolute atomic E-state index is 0.120. The highest BCUT2D eigenvalue weighted by molar-refractivity contribution is 7.90. The highest BCUT2D eigenvalue weighted by Crippen LogP contribution is 2.31. The molecule has 0 fully saturated rings. The normalized spacial score (nSPS) is 12.0. The third-order valence-corrected chi connectivity index (χ3v) is 4.13. The molecule has 0 aromatic heterocycles. The van der Waals surface area contributed by atoms with Gasteiger partial charge in [-0.25, -0.2) is 8.42 Å². The number of carbonyl (C=O) groups excluding carboxylic acids is 1. The number of sulfone groups is 1. The van der Waals surface area contributed by atoms with E-state index in [0.717, 1.165) is 6.26 Å². The SMILES string of the molecule is Cc1cc(C(C)(C)C)c(S(C)(=O)=O)cc1C(=O)N=C(N)N. The van der Waals surface area contributed by atoms with Crippen LogP contribution in [0.15, 0.2) is 22.0 Å². The van der Waals surface area contributed by atoms with Gasteiger partial charge in [0, 0.05) is 11.8 Å². The molecule has 0 radical (unpaired) electrons. The molecule has 0 saturated heterocycles. The summed E-state index contributed by atoms with van der Waals surface area (Å²) in [5.41, 5.74) is 11.5. The maximum atomic E-state index is 12.0. The molecule has 0 aliphatic heterocycles. The van der Waals surface area contributed by atoms with Gasteiger partial charge >= 0.3 is 0 Å². The van der Waals surface area contributed by atoms with Crippen molar-refractivity contribution in [3.63, 3.8) is 0 Å². The Morgan fingerprint density at radius 3 is 2.10 bits per heavy atom. The van der Waals surface area contributed by atoms with E-state index in [-0.39, 0.29) is 21.8 Å². The number of hydrogen-bond acceptors (Lipinski definition) is 3. The second-order valence-corrected chi connectivity index (χ2v) is 8.01. The summed E-state index contributed by atoms with van der Waals surface area (Å²) in [6.07, 6.45) is 1.11. The van der Waals surface area contributed by atoms with Crippen molar-refractivity contribution in [2.24, 2.45) is 16.5 Å². The van der Waals surface area contributed by atoms with Crippen molar-refractivity contribution in [2.45, 2.75) is 38.0 Å². The van der Waals surface area contributed by atoms with E-state index in [4.69, 9.17) is 11.5 Å². The van der Waals surface area contributed by atoms with Crippen LogP contribution in [-0.4, -0.2) is 26.5 Å². The fourth-order valence-corrected chi connectivity index (χ4v) is 3.09. The molecule has 0 aliphatic rings. The van der Waals surface area contributed by atoms with Gasteiger partial charge < -0.3 is 11.5 Å².